The van der Waals surface area contributed by atoms with Crippen LogP contribution in [0, 0.1) is 0 Å². The van der Waals surface area contributed by atoms with E-state index in [2.05, 4.69) is 9.97 Å². The Balaban J connectivity index is 2.04. The molecule has 1 aromatic carbocycles. The van der Waals surface area contributed by atoms with Crippen LogP contribution in [0.3, 0.4) is 0 Å². The minimum absolute atomic E-state index is 0.0813. The van der Waals surface area contributed by atoms with Crippen molar-refractivity contribution in [1.29, 1.82) is 0 Å². The summed E-state index contributed by atoms with van der Waals surface area (Å²) in [5, 5.41) is 8.74. The first-order chi connectivity index (χ1) is 9.74. The molecule has 0 saturated carbocycles. The maximum atomic E-state index is 10.6. The largest absolute Gasteiger partial charge is 0.481 e. The standard InChI is InChI=1S/C15H13N3O2/c19-14(20)7-6-12-9-18-10-16-8-13(15(18)17-12)11-4-2-1-3-5-11/h1-5,8-10H,6-7H2,(H,19,20). The number of hydrogen-bond acceptors (Lipinski definition) is 3. The molecular weight excluding hydrogens is 254 g/mol. The Morgan fingerprint density at radius 3 is 2.80 bits per heavy atom. The zero-order valence-electron chi connectivity index (χ0n) is 10.7. The van der Waals surface area contributed by atoms with Crippen molar-refractivity contribution in [2.45, 2.75) is 12.8 Å². The van der Waals surface area contributed by atoms with Crippen molar-refractivity contribution >= 4 is 11.6 Å². The Hall–Kier alpha value is -2.69. The normalized spacial score (nSPS) is 10.8. The first-order valence-electron chi connectivity index (χ1n) is 6.33. The van der Waals surface area contributed by atoms with Crippen LogP contribution >= 0.6 is 0 Å². The van der Waals surface area contributed by atoms with Gasteiger partial charge in [-0.25, -0.2) is 9.97 Å². The third-order valence-electron chi connectivity index (χ3n) is 3.10. The number of fused-ring (bicyclic) bond motifs is 1. The maximum absolute atomic E-state index is 10.6. The Morgan fingerprint density at radius 2 is 2.05 bits per heavy atom. The molecule has 3 aromatic rings. The van der Waals surface area contributed by atoms with Crippen molar-refractivity contribution in [3.8, 4) is 11.1 Å². The van der Waals surface area contributed by atoms with E-state index in [1.165, 1.54) is 0 Å². The van der Waals surface area contributed by atoms with Crippen LogP contribution in [0.5, 0.6) is 0 Å². The lowest BCUT2D eigenvalue weighted by molar-refractivity contribution is -0.136. The van der Waals surface area contributed by atoms with E-state index < -0.39 is 5.97 Å². The molecule has 20 heavy (non-hydrogen) atoms. The number of aliphatic carboxylic acids is 1. The van der Waals surface area contributed by atoms with Crippen molar-refractivity contribution < 1.29 is 9.90 Å². The fraction of sp³-hybridized carbons (Fsp3) is 0.133. The van der Waals surface area contributed by atoms with Gasteiger partial charge in [-0.2, -0.15) is 0 Å². The van der Waals surface area contributed by atoms with Gasteiger partial charge in [0.15, 0.2) is 0 Å². The molecule has 3 rings (SSSR count). The highest BCUT2D eigenvalue weighted by Gasteiger charge is 2.09. The van der Waals surface area contributed by atoms with Crippen LogP contribution in [0.4, 0.5) is 0 Å². The lowest BCUT2D eigenvalue weighted by atomic mass is 10.1. The fourth-order valence-corrected chi connectivity index (χ4v) is 2.15. The second-order valence-electron chi connectivity index (χ2n) is 4.53. The predicted octanol–water partition coefficient (Wildman–Crippen LogP) is 2.41. The quantitative estimate of drug-likeness (QED) is 0.788. The summed E-state index contributed by atoms with van der Waals surface area (Å²) in [7, 11) is 0. The Labute approximate surface area is 115 Å². The number of carbonyl (C=O) groups is 1. The molecule has 0 unspecified atom stereocenters. The van der Waals surface area contributed by atoms with E-state index >= 15 is 0 Å². The van der Waals surface area contributed by atoms with Crippen molar-refractivity contribution in [2.75, 3.05) is 0 Å². The summed E-state index contributed by atoms with van der Waals surface area (Å²) in [6, 6.07) is 9.90. The molecule has 100 valence electrons. The molecule has 0 saturated heterocycles. The van der Waals surface area contributed by atoms with Gasteiger partial charge in [0.2, 0.25) is 0 Å². The lowest BCUT2D eigenvalue weighted by Gasteiger charge is -2.02. The number of rotatable bonds is 4. The molecule has 0 spiro atoms. The molecule has 1 N–H and O–H groups in total. The van der Waals surface area contributed by atoms with Crippen molar-refractivity contribution in [3.05, 3.63) is 54.7 Å². The summed E-state index contributed by atoms with van der Waals surface area (Å²) >= 11 is 0. The Morgan fingerprint density at radius 1 is 1.25 bits per heavy atom. The molecular formula is C15H13N3O2. The van der Waals surface area contributed by atoms with Crippen LogP contribution in [0.1, 0.15) is 12.1 Å². The van der Waals surface area contributed by atoms with Gasteiger partial charge in [0.05, 0.1) is 12.1 Å². The third kappa shape index (κ3) is 2.38. The topological polar surface area (TPSA) is 67.5 Å². The number of aryl methyl sites for hydroxylation is 1. The molecule has 0 aliphatic heterocycles. The average Bonchev–Trinajstić information content (AvgIpc) is 2.89. The van der Waals surface area contributed by atoms with Crippen LogP contribution < -0.4 is 0 Å². The minimum atomic E-state index is -0.816. The minimum Gasteiger partial charge on any atom is -0.481 e. The van der Waals surface area contributed by atoms with Gasteiger partial charge in [0.25, 0.3) is 0 Å². The second-order valence-corrected chi connectivity index (χ2v) is 4.53. The SMILES string of the molecule is O=C(O)CCc1cn2cncc(-c3ccccc3)c2n1. The Bertz CT molecular complexity index is 750. The molecule has 5 nitrogen and oxygen atoms in total. The summed E-state index contributed by atoms with van der Waals surface area (Å²) < 4.78 is 1.83. The molecule has 0 aliphatic rings. The molecule has 0 atom stereocenters. The van der Waals surface area contributed by atoms with Gasteiger partial charge in [-0.3, -0.25) is 9.20 Å². The number of benzene rings is 1. The second kappa shape index (κ2) is 5.13. The van der Waals surface area contributed by atoms with Gasteiger partial charge in [0.1, 0.15) is 12.0 Å². The van der Waals surface area contributed by atoms with E-state index in [9.17, 15) is 4.79 Å². The van der Waals surface area contributed by atoms with Gasteiger partial charge in [0, 0.05) is 24.4 Å². The van der Waals surface area contributed by atoms with Crippen LogP contribution in [0.2, 0.25) is 0 Å². The number of carboxylic acids is 1. The molecule has 2 heterocycles. The highest BCUT2D eigenvalue weighted by atomic mass is 16.4. The number of nitrogens with zero attached hydrogens (tertiary/aromatic N) is 3. The first-order valence-corrected chi connectivity index (χ1v) is 6.33. The Kier molecular flexibility index (Phi) is 3.16. The highest BCUT2D eigenvalue weighted by Crippen LogP contribution is 2.23. The molecule has 5 heteroatoms. The zero-order chi connectivity index (χ0) is 13.9. The van der Waals surface area contributed by atoms with Gasteiger partial charge in [-0.1, -0.05) is 30.3 Å². The van der Waals surface area contributed by atoms with E-state index in [-0.39, 0.29) is 6.42 Å². The molecule has 0 radical (unpaired) electrons. The third-order valence-corrected chi connectivity index (χ3v) is 3.10. The van der Waals surface area contributed by atoms with Gasteiger partial charge >= 0.3 is 5.97 Å². The zero-order valence-corrected chi connectivity index (χ0v) is 10.7. The van der Waals surface area contributed by atoms with Gasteiger partial charge in [-0.05, 0) is 5.56 Å². The summed E-state index contributed by atoms with van der Waals surface area (Å²) in [4.78, 5) is 19.4. The van der Waals surface area contributed by atoms with E-state index in [1.54, 1.807) is 12.5 Å². The molecule has 0 fully saturated rings. The van der Waals surface area contributed by atoms with Crippen LogP contribution in [0.25, 0.3) is 16.8 Å². The number of aromatic nitrogens is 3. The van der Waals surface area contributed by atoms with Gasteiger partial charge < -0.3 is 5.11 Å². The van der Waals surface area contributed by atoms with Crippen molar-refractivity contribution in [3.63, 3.8) is 0 Å². The van der Waals surface area contributed by atoms with E-state index in [0.717, 1.165) is 22.5 Å². The van der Waals surface area contributed by atoms with E-state index in [1.807, 2.05) is 40.9 Å². The lowest BCUT2D eigenvalue weighted by Crippen LogP contribution is -1.97. The smallest absolute Gasteiger partial charge is 0.303 e. The van der Waals surface area contributed by atoms with E-state index in [0.29, 0.717) is 6.42 Å². The first kappa shape index (κ1) is 12.3. The summed E-state index contributed by atoms with van der Waals surface area (Å²) in [6.45, 7) is 0. The molecule has 0 aliphatic carbocycles. The van der Waals surface area contributed by atoms with E-state index in [4.69, 9.17) is 5.11 Å². The highest BCUT2D eigenvalue weighted by molar-refractivity contribution is 5.76. The van der Waals surface area contributed by atoms with Crippen LogP contribution in [-0.2, 0) is 11.2 Å². The van der Waals surface area contributed by atoms with Gasteiger partial charge in [-0.15, -0.1) is 0 Å². The number of imidazole rings is 1. The summed E-state index contributed by atoms with van der Waals surface area (Å²) in [5.41, 5.74) is 3.54. The van der Waals surface area contributed by atoms with Crippen LogP contribution in [-0.4, -0.2) is 25.4 Å². The van der Waals surface area contributed by atoms with Crippen molar-refractivity contribution in [2.24, 2.45) is 0 Å². The molecule has 0 bridgehead atoms. The maximum Gasteiger partial charge on any atom is 0.303 e. The average molecular weight is 267 g/mol. The predicted molar refractivity (Wildman–Crippen MR) is 74.4 cm³/mol. The molecule has 0 amide bonds. The summed E-state index contributed by atoms with van der Waals surface area (Å²) in [6.07, 6.45) is 5.79. The van der Waals surface area contributed by atoms with Crippen LogP contribution in [0.15, 0.2) is 49.1 Å². The number of hydrogen-bond donors (Lipinski definition) is 1. The van der Waals surface area contributed by atoms with Crippen molar-refractivity contribution in [1.82, 2.24) is 14.4 Å². The monoisotopic (exact) mass is 267 g/mol. The molecule has 2 aromatic heterocycles. The fourth-order valence-electron chi connectivity index (χ4n) is 2.15. The number of carboxylic acid groups (broad SMARTS) is 1. The summed E-state index contributed by atoms with van der Waals surface area (Å²) in [5.74, 6) is -0.816.